The molecule has 6 heterocycles. The second-order valence-electron chi connectivity index (χ2n) is 11.1. The number of alkyl carbamates (subject to hydrolysis) is 1. The van der Waals surface area contributed by atoms with Crippen LogP contribution in [0.25, 0.3) is 20.4 Å². The molecule has 52 heavy (non-hydrogen) atoms. The third-order valence-electron chi connectivity index (χ3n) is 7.40. The molecule has 0 aliphatic carbocycles. The molecule has 0 aliphatic heterocycles. The van der Waals surface area contributed by atoms with E-state index in [-0.39, 0.29) is 31.3 Å². The van der Waals surface area contributed by atoms with Crippen LogP contribution < -0.4 is 21.7 Å². The minimum atomic E-state index is -0.466. The Morgan fingerprint density at radius 2 is 1.25 bits per heavy atom. The molecule has 0 saturated heterocycles. The lowest BCUT2D eigenvalue weighted by Crippen LogP contribution is -2.26. The topological polar surface area (TPSA) is 166 Å². The van der Waals surface area contributed by atoms with Gasteiger partial charge in [-0.3, -0.25) is 9.97 Å². The number of rotatable bonds is 13. The molecule has 12 nitrogen and oxygen atoms in total. The number of nitrogens with zero attached hydrogens (tertiary/aromatic N) is 6. The van der Waals surface area contributed by atoms with Gasteiger partial charge in [0.05, 0.1) is 43.9 Å². The van der Waals surface area contributed by atoms with Crippen LogP contribution in [-0.2, 0) is 37.3 Å². The van der Waals surface area contributed by atoms with E-state index in [0.29, 0.717) is 48.1 Å². The number of ether oxygens (including phenoxy) is 1. The van der Waals surface area contributed by atoms with Crippen molar-refractivity contribution in [2.45, 2.75) is 32.5 Å². The van der Waals surface area contributed by atoms with Gasteiger partial charge in [-0.1, -0.05) is 30.3 Å². The fourth-order valence-electron chi connectivity index (χ4n) is 4.88. The molecule has 6 aromatic heterocycles. The Morgan fingerprint density at radius 3 is 1.79 bits per heavy atom. The van der Waals surface area contributed by atoms with Gasteiger partial charge in [0.1, 0.15) is 29.3 Å². The molecule has 5 N–H and O–H groups in total. The molecule has 7 rings (SSSR count). The Bertz CT molecular complexity index is 2240. The van der Waals surface area contributed by atoms with Gasteiger partial charge in [0.25, 0.3) is 0 Å². The van der Waals surface area contributed by atoms with Crippen molar-refractivity contribution in [3.63, 3.8) is 0 Å². The number of benzene rings is 1. The highest BCUT2D eigenvalue weighted by molar-refractivity contribution is 7.19. The van der Waals surface area contributed by atoms with Crippen LogP contribution in [0.1, 0.15) is 27.0 Å². The molecule has 1 aromatic carbocycles. The number of thiazole rings is 2. The van der Waals surface area contributed by atoms with Crippen molar-refractivity contribution < 1.29 is 18.3 Å². The second-order valence-corrected chi connectivity index (χ2v) is 13.3. The number of carbonyl (C=O) groups is 1. The number of aromatic nitrogens is 6. The standard InChI is InChI=1S/C22H20FN5O2S.C14H14FN5S/c23-16-7-4-10-24-17(16)13-27-21-20-18(8-11-25-21)31-19(28-20)9-12-26-22(29)30-14-15-5-2-1-3-6-15;15-9-2-1-6-17-10(9)8-19-14-13-11(4-7-18-14)21-12(20-13)3-5-16/h1-8,10-11H,9,12-14H2,(H,25,27)(H,26,29);1-2,4,6-7H,3,5,8,16H2,(H,18,19). The van der Waals surface area contributed by atoms with Gasteiger partial charge < -0.3 is 26.4 Å². The maximum atomic E-state index is 13.8. The highest BCUT2D eigenvalue weighted by atomic mass is 32.1. The van der Waals surface area contributed by atoms with Gasteiger partial charge in [0, 0.05) is 44.2 Å². The predicted molar refractivity (Wildman–Crippen MR) is 199 cm³/mol. The van der Waals surface area contributed by atoms with Crippen LogP contribution in [-0.4, -0.2) is 49.1 Å². The summed E-state index contributed by atoms with van der Waals surface area (Å²) in [6.45, 7) is 1.67. The largest absolute Gasteiger partial charge is 0.445 e. The number of amides is 1. The molecule has 0 fully saturated rings. The summed E-state index contributed by atoms with van der Waals surface area (Å²) in [7, 11) is 0. The van der Waals surface area contributed by atoms with Gasteiger partial charge >= 0.3 is 6.09 Å². The van der Waals surface area contributed by atoms with Crippen molar-refractivity contribution in [1.82, 2.24) is 35.2 Å². The fourth-order valence-corrected chi connectivity index (χ4v) is 6.82. The molecule has 0 unspecified atom stereocenters. The average molecular weight is 741 g/mol. The zero-order chi connectivity index (χ0) is 36.1. The number of nitrogens with one attached hydrogen (secondary N) is 3. The summed E-state index contributed by atoms with van der Waals surface area (Å²) >= 11 is 3.13. The van der Waals surface area contributed by atoms with E-state index in [9.17, 15) is 13.6 Å². The van der Waals surface area contributed by atoms with E-state index in [1.54, 1.807) is 48.3 Å². The van der Waals surface area contributed by atoms with Crippen molar-refractivity contribution >= 4 is 60.8 Å². The van der Waals surface area contributed by atoms with E-state index in [2.05, 4.69) is 45.9 Å². The van der Waals surface area contributed by atoms with Crippen molar-refractivity contribution in [2.24, 2.45) is 5.73 Å². The molecule has 0 aliphatic rings. The molecule has 0 radical (unpaired) electrons. The maximum absolute atomic E-state index is 13.8. The second kappa shape index (κ2) is 18.0. The van der Waals surface area contributed by atoms with E-state index in [1.807, 2.05) is 42.5 Å². The number of nitrogens with two attached hydrogens (primary N) is 1. The van der Waals surface area contributed by atoms with Crippen LogP contribution in [0.3, 0.4) is 0 Å². The highest BCUT2D eigenvalue weighted by Gasteiger charge is 2.13. The van der Waals surface area contributed by atoms with E-state index < -0.39 is 6.09 Å². The molecule has 0 saturated carbocycles. The van der Waals surface area contributed by atoms with E-state index in [4.69, 9.17) is 10.5 Å². The lowest BCUT2D eigenvalue weighted by molar-refractivity contribution is 0.140. The Balaban J connectivity index is 0.000000192. The van der Waals surface area contributed by atoms with Gasteiger partial charge in [-0.05, 0) is 48.5 Å². The minimum Gasteiger partial charge on any atom is -0.445 e. The number of carbonyl (C=O) groups excluding carboxylic acids is 1. The van der Waals surface area contributed by atoms with Crippen molar-refractivity contribution in [3.8, 4) is 0 Å². The number of hydrogen-bond donors (Lipinski definition) is 4. The molecule has 16 heteroatoms. The fraction of sp³-hybridized carbons (Fsp3) is 0.194. The third-order valence-corrected chi connectivity index (χ3v) is 9.56. The average Bonchev–Trinajstić information content (AvgIpc) is 3.78. The molecular weight excluding hydrogens is 707 g/mol. The Kier molecular flexibility index (Phi) is 12.5. The number of anilines is 2. The van der Waals surface area contributed by atoms with E-state index in [0.717, 1.165) is 36.9 Å². The molecule has 1 amide bonds. The number of halogens is 2. The molecular formula is C36H34F2N10O2S2. The van der Waals surface area contributed by atoms with Gasteiger partial charge in [0.2, 0.25) is 0 Å². The summed E-state index contributed by atoms with van der Waals surface area (Å²) in [6, 6.07) is 19.2. The molecule has 266 valence electrons. The molecule has 0 atom stereocenters. The first-order valence-corrected chi connectivity index (χ1v) is 17.9. The summed E-state index contributed by atoms with van der Waals surface area (Å²) < 4.78 is 34.5. The molecule has 0 bridgehead atoms. The SMILES string of the molecule is NCCc1nc2c(NCc3ncccc3F)nccc2s1.O=C(NCCc1nc2c(NCc3ncccc3F)nccc2s1)OCc1ccccc1. The van der Waals surface area contributed by atoms with Crippen LogP contribution in [0.2, 0.25) is 0 Å². The highest BCUT2D eigenvalue weighted by Crippen LogP contribution is 2.28. The van der Waals surface area contributed by atoms with Gasteiger partial charge in [-0.25, -0.2) is 33.5 Å². The van der Waals surface area contributed by atoms with E-state index in [1.165, 1.54) is 23.5 Å². The van der Waals surface area contributed by atoms with Crippen LogP contribution >= 0.6 is 22.7 Å². The Labute approximate surface area is 305 Å². The number of fused-ring (bicyclic) bond motifs is 2. The molecule has 0 spiro atoms. The normalized spacial score (nSPS) is 10.8. The Morgan fingerprint density at radius 1 is 0.692 bits per heavy atom. The minimum absolute atomic E-state index is 0.209. The summed E-state index contributed by atoms with van der Waals surface area (Å²) in [5.41, 5.74) is 8.67. The lowest BCUT2D eigenvalue weighted by Gasteiger charge is -2.06. The van der Waals surface area contributed by atoms with Crippen molar-refractivity contribution in [3.05, 3.63) is 130 Å². The first kappa shape index (κ1) is 36.1. The van der Waals surface area contributed by atoms with Crippen molar-refractivity contribution in [1.29, 1.82) is 0 Å². The predicted octanol–water partition coefficient (Wildman–Crippen LogP) is 6.65. The smallest absolute Gasteiger partial charge is 0.407 e. The summed E-state index contributed by atoms with van der Waals surface area (Å²) in [6.07, 6.45) is 7.35. The van der Waals surface area contributed by atoms with Gasteiger partial charge in [-0.2, -0.15) is 0 Å². The van der Waals surface area contributed by atoms with Crippen LogP contribution in [0.5, 0.6) is 0 Å². The summed E-state index contributed by atoms with van der Waals surface area (Å²) in [5, 5.41) is 10.8. The number of pyridine rings is 4. The monoisotopic (exact) mass is 740 g/mol. The zero-order valence-electron chi connectivity index (χ0n) is 27.8. The zero-order valence-corrected chi connectivity index (χ0v) is 29.4. The summed E-state index contributed by atoms with van der Waals surface area (Å²) in [4.78, 5) is 37.7. The Hall–Kier alpha value is -5.71. The first-order chi connectivity index (χ1) is 25.5. The van der Waals surface area contributed by atoms with E-state index >= 15 is 0 Å². The van der Waals surface area contributed by atoms with Crippen LogP contribution in [0.15, 0.2) is 91.5 Å². The van der Waals surface area contributed by atoms with Crippen LogP contribution in [0.4, 0.5) is 25.2 Å². The molecule has 7 aromatic rings. The van der Waals surface area contributed by atoms with Crippen molar-refractivity contribution in [2.75, 3.05) is 23.7 Å². The maximum Gasteiger partial charge on any atom is 0.407 e. The van der Waals surface area contributed by atoms with Gasteiger partial charge in [0.15, 0.2) is 11.6 Å². The summed E-state index contributed by atoms with van der Waals surface area (Å²) in [5.74, 6) is 0.503. The number of hydrogen-bond acceptors (Lipinski definition) is 13. The first-order valence-electron chi connectivity index (χ1n) is 16.3. The van der Waals surface area contributed by atoms with Crippen LogP contribution in [0, 0.1) is 11.6 Å². The quantitative estimate of drug-likeness (QED) is 0.100. The third kappa shape index (κ3) is 9.74. The van der Waals surface area contributed by atoms with Gasteiger partial charge in [-0.15, -0.1) is 22.7 Å². The lowest BCUT2D eigenvalue weighted by atomic mass is 10.2.